The van der Waals surface area contributed by atoms with Gasteiger partial charge in [0.05, 0.1) is 18.6 Å². The Hall–Kier alpha value is -1.96. The predicted octanol–water partition coefficient (Wildman–Crippen LogP) is 1.17. The molecule has 0 amide bonds. The number of carbonyl (C=O) groups is 2. The van der Waals surface area contributed by atoms with Gasteiger partial charge in [-0.05, 0) is 31.4 Å². The third-order valence-corrected chi connectivity index (χ3v) is 5.61. The molecule has 0 unspecified atom stereocenters. The zero-order chi connectivity index (χ0) is 18.6. The number of carbonyl (C=O) groups excluding carboxylic acids is 2. The summed E-state index contributed by atoms with van der Waals surface area (Å²) in [5.74, 6) is -1.61. The summed E-state index contributed by atoms with van der Waals surface area (Å²) >= 11 is 0. The topological polar surface area (TPSA) is 94.6 Å². The van der Waals surface area contributed by atoms with Gasteiger partial charge < -0.3 is 24.1 Å². The number of ether oxygens (including phenoxy) is 4. The summed E-state index contributed by atoms with van der Waals surface area (Å²) in [7, 11) is 0. The SMILES string of the molecule is C=C(C)C(=O)O[C@H]1C[C@@]23O[C@@H]2CC/C(=C\[C@H]2OC(=O)C(=C)[C@H]12)CO[C@H]3O. The molecule has 2 bridgehead atoms. The van der Waals surface area contributed by atoms with Crippen LogP contribution in [0.1, 0.15) is 26.2 Å². The smallest absolute Gasteiger partial charge is 0.334 e. The fourth-order valence-corrected chi connectivity index (χ4v) is 4.09. The highest BCUT2D eigenvalue weighted by molar-refractivity contribution is 5.91. The van der Waals surface area contributed by atoms with Gasteiger partial charge in [0.2, 0.25) is 0 Å². The van der Waals surface area contributed by atoms with Crippen LogP contribution in [0.5, 0.6) is 0 Å². The Kier molecular flexibility index (Phi) is 4.06. The van der Waals surface area contributed by atoms with Crippen molar-refractivity contribution < 1.29 is 33.6 Å². The standard InChI is InChI=1S/C19H22O7/c1-9(2)16(20)25-13-7-19-14(26-19)5-4-11(8-23-18(19)22)6-12-15(13)10(3)17(21)24-12/h6,12-15,18,22H,1,3-5,7-8H2,2H3/b11-6+/t12-,13+,14-,15+,18-,19-/m1/s1. The third-order valence-electron chi connectivity index (χ3n) is 5.61. The van der Waals surface area contributed by atoms with E-state index in [1.807, 2.05) is 6.08 Å². The van der Waals surface area contributed by atoms with Crippen molar-refractivity contribution in [2.24, 2.45) is 5.92 Å². The van der Waals surface area contributed by atoms with E-state index in [-0.39, 0.29) is 30.3 Å². The van der Waals surface area contributed by atoms with Crippen LogP contribution < -0.4 is 0 Å². The minimum atomic E-state index is -1.13. The molecule has 3 fully saturated rings. The molecule has 26 heavy (non-hydrogen) atoms. The van der Waals surface area contributed by atoms with E-state index in [9.17, 15) is 14.7 Å². The Bertz CT molecular complexity index is 723. The van der Waals surface area contributed by atoms with Crippen LogP contribution in [0.4, 0.5) is 0 Å². The molecule has 1 spiro atoms. The van der Waals surface area contributed by atoms with Gasteiger partial charge in [-0.15, -0.1) is 0 Å². The molecule has 0 aromatic rings. The van der Waals surface area contributed by atoms with E-state index in [0.717, 1.165) is 18.4 Å². The van der Waals surface area contributed by atoms with Crippen LogP contribution in [0.25, 0.3) is 0 Å². The molecule has 0 aromatic heterocycles. The monoisotopic (exact) mass is 362 g/mol. The molecule has 0 radical (unpaired) electrons. The number of hydrogen-bond donors (Lipinski definition) is 1. The first-order valence-electron chi connectivity index (χ1n) is 8.75. The van der Waals surface area contributed by atoms with E-state index in [1.54, 1.807) is 6.92 Å². The van der Waals surface area contributed by atoms with E-state index in [4.69, 9.17) is 18.9 Å². The van der Waals surface area contributed by atoms with E-state index < -0.39 is 42.0 Å². The number of rotatable bonds is 2. The van der Waals surface area contributed by atoms with Crippen LogP contribution >= 0.6 is 0 Å². The van der Waals surface area contributed by atoms with Gasteiger partial charge in [0.25, 0.3) is 0 Å². The minimum Gasteiger partial charge on any atom is -0.458 e. The lowest BCUT2D eigenvalue weighted by molar-refractivity contribution is -0.163. The molecular weight excluding hydrogens is 340 g/mol. The second kappa shape index (κ2) is 6.04. The van der Waals surface area contributed by atoms with Gasteiger partial charge in [-0.1, -0.05) is 13.2 Å². The highest BCUT2D eigenvalue weighted by atomic mass is 16.7. The Balaban J connectivity index is 1.76. The van der Waals surface area contributed by atoms with Crippen LogP contribution in [0.2, 0.25) is 0 Å². The van der Waals surface area contributed by atoms with Crippen molar-refractivity contribution in [1.82, 2.24) is 0 Å². The summed E-state index contributed by atoms with van der Waals surface area (Å²) in [4.78, 5) is 24.3. The van der Waals surface area contributed by atoms with E-state index in [1.165, 1.54) is 0 Å². The maximum Gasteiger partial charge on any atom is 0.334 e. The van der Waals surface area contributed by atoms with Gasteiger partial charge in [-0.3, -0.25) is 0 Å². The van der Waals surface area contributed by atoms with Gasteiger partial charge in [0.1, 0.15) is 17.8 Å². The first-order valence-corrected chi connectivity index (χ1v) is 8.75. The molecule has 0 saturated carbocycles. The van der Waals surface area contributed by atoms with Crippen LogP contribution in [0.15, 0.2) is 36.0 Å². The summed E-state index contributed by atoms with van der Waals surface area (Å²) in [6, 6.07) is 0. The lowest BCUT2D eigenvalue weighted by Gasteiger charge is -2.33. The van der Waals surface area contributed by atoms with Crippen molar-refractivity contribution in [2.45, 2.75) is 56.4 Å². The molecule has 1 N–H and O–H groups in total. The Labute approximate surface area is 151 Å². The molecule has 0 aromatic carbocycles. The van der Waals surface area contributed by atoms with Crippen molar-refractivity contribution in [3.63, 3.8) is 0 Å². The van der Waals surface area contributed by atoms with Crippen LogP contribution in [-0.2, 0) is 28.5 Å². The molecule has 1 aliphatic carbocycles. The van der Waals surface area contributed by atoms with Gasteiger partial charge in [0.15, 0.2) is 6.29 Å². The Morgan fingerprint density at radius 2 is 2.23 bits per heavy atom. The number of epoxide rings is 1. The van der Waals surface area contributed by atoms with Crippen molar-refractivity contribution in [3.8, 4) is 0 Å². The normalized spacial score (nSPS) is 43.3. The highest BCUT2D eigenvalue weighted by Crippen LogP contribution is 2.51. The molecular formula is C19H22O7. The number of hydrogen-bond acceptors (Lipinski definition) is 7. The zero-order valence-electron chi connectivity index (χ0n) is 14.6. The number of aliphatic hydroxyl groups excluding tert-OH is 1. The molecule has 5 aliphatic rings. The molecule has 7 heteroatoms. The molecule has 3 saturated heterocycles. The molecule has 5 rings (SSSR count). The maximum atomic E-state index is 12.2. The average Bonchev–Trinajstić information content (AvgIpc) is 3.20. The van der Waals surface area contributed by atoms with Crippen LogP contribution in [0.3, 0.4) is 0 Å². The van der Waals surface area contributed by atoms with Gasteiger partial charge in [0, 0.05) is 17.6 Å². The maximum absolute atomic E-state index is 12.2. The quantitative estimate of drug-likeness (QED) is 0.341. The first kappa shape index (κ1) is 17.5. The Morgan fingerprint density at radius 3 is 2.96 bits per heavy atom. The lowest BCUT2D eigenvalue weighted by atomic mass is 9.81. The highest BCUT2D eigenvalue weighted by Gasteiger charge is 2.65. The second-order valence-electron chi connectivity index (χ2n) is 7.44. The number of fused-ring (bicyclic) bond motifs is 4. The van der Waals surface area contributed by atoms with Crippen molar-refractivity contribution in [1.29, 1.82) is 0 Å². The molecule has 140 valence electrons. The summed E-state index contributed by atoms with van der Waals surface area (Å²) in [5, 5.41) is 10.5. The minimum absolute atomic E-state index is 0.185. The zero-order valence-corrected chi connectivity index (χ0v) is 14.6. The summed E-state index contributed by atoms with van der Waals surface area (Å²) in [6.45, 7) is 9.24. The summed E-state index contributed by atoms with van der Waals surface area (Å²) in [5.41, 5.74) is 0.475. The van der Waals surface area contributed by atoms with Crippen molar-refractivity contribution in [2.75, 3.05) is 6.61 Å². The fraction of sp³-hybridized carbons (Fsp3) is 0.579. The second-order valence-corrected chi connectivity index (χ2v) is 7.44. The number of aliphatic hydroxyl groups is 1. The Morgan fingerprint density at radius 1 is 1.46 bits per heavy atom. The molecule has 6 atom stereocenters. The van der Waals surface area contributed by atoms with Gasteiger partial charge >= 0.3 is 11.9 Å². The third kappa shape index (κ3) is 2.71. The van der Waals surface area contributed by atoms with Crippen molar-refractivity contribution >= 4 is 11.9 Å². The summed E-state index contributed by atoms with van der Waals surface area (Å²) < 4.78 is 22.5. The lowest BCUT2D eigenvalue weighted by Crippen LogP contribution is -2.45. The molecule has 7 nitrogen and oxygen atoms in total. The largest absolute Gasteiger partial charge is 0.458 e. The number of esters is 2. The van der Waals surface area contributed by atoms with Gasteiger partial charge in [-0.2, -0.15) is 0 Å². The first-order chi connectivity index (χ1) is 12.3. The van der Waals surface area contributed by atoms with E-state index >= 15 is 0 Å². The summed E-state index contributed by atoms with van der Waals surface area (Å²) in [6.07, 6.45) is 0.815. The molecule has 4 heterocycles. The average molecular weight is 362 g/mol. The predicted molar refractivity (Wildman–Crippen MR) is 88.7 cm³/mol. The van der Waals surface area contributed by atoms with Crippen molar-refractivity contribution in [3.05, 3.63) is 36.0 Å². The van der Waals surface area contributed by atoms with Crippen LogP contribution in [0, 0.1) is 5.92 Å². The fourth-order valence-electron chi connectivity index (χ4n) is 4.09. The van der Waals surface area contributed by atoms with Gasteiger partial charge in [-0.25, -0.2) is 9.59 Å². The van der Waals surface area contributed by atoms with E-state index in [2.05, 4.69) is 13.2 Å². The van der Waals surface area contributed by atoms with Crippen LogP contribution in [-0.4, -0.2) is 53.9 Å². The van der Waals surface area contributed by atoms with E-state index in [0.29, 0.717) is 0 Å². The molecule has 4 aliphatic heterocycles.